The van der Waals surface area contributed by atoms with Crippen LogP contribution in [-0.2, 0) is 13.0 Å². The summed E-state index contributed by atoms with van der Waals surface area (Å²) < 4.78 is 5.38. The first-order valence-electron chi connectivity index (χ1n) is 6.43. The van der Waals surface area contributed by atoms with E-state index >= 15 is 0 Å². The number of aryl methyl sites for hydroxylation is 2. The van der Waals surface area contributed by atoms with Crippen LogP contribution in [0.3, 0.4) is 0 Å². The molecule has 0 saturated carbocycles. The minimum Gasteiger partial charge on any atom is -0.424 e. The fourth-order valence-electron chi connectivity index (χ4n) is 2.59. The third-order valence-electron chi connectivity index (χ3n) is 3.44. The molecule has 1 aromatic carbocycles. The van der Waals surface area contributed by atoms with Crippen LogP contribution in [0.25, 0.3) is 0 Å². The van der Waals surface area contributed by atoms with Crippen LogP contribution in [0.5, 0.6) is 0 Å². The molecule has 1 N–H and O–H groups in total. The molecule has 1 unspecified atom stereocenters. The predicted molar refractivity (Wildman–Crippen MR) is 68.0 cm³/mol. The van der Waals surface area contributed by atoms with E-state index in [0.717, 1.165) is 0 Å². The fraction of sp³-hybridized carbons (Fsp3) is 0.429. The highest BCUT2D eigenvalue weighted by Crippen LogP contribution is 2.29. The summed E-state index contributed by atoms with van der Waals surface area (Å²) in [7, 11) is 0. The van der Waals surface area contributed by atoms with Gasteiger partial charge >= 0.3 is 0 Å². The van der Waals surface area contributed by atoms with Crippen molar-refractivity contribution in [3.8, 4) is 0 Å². The van der Waals surface area contributed by atoms with Crippen molar-refractivity contribution in [3.63, 3.8) is 0 Å². The van der Waals surface area contributed by atoms with Crippen LogP contribution >= 0.6 is 0 Å². The third-order valence-corrected chi connectivity index (χ3v) is 3.44. The standard InChI is InChI=1S/C14H17N3O/c1-10-16-17-14(18-10)9-15-13-8-4-6-11-5-2-3-7-12(11)13/h2-3,5,7,13,15H,4,6,8-9H2,1H3. The Morgan fingerprint density at radius 2 is 2.22 bits per heavy atom. The summed E-state index contributed by atoms with van der Waals surface area (Å²) >= 11 is 0. The highest BCUT2D eigenvalue weighted by Gasteiger charge is 2.19. The molecule has 4 heteroatoms. The number of fused-ring (bicyclic) bond motifs is 1. The van der Waals surface area contributed by atoms with E-state index in [4.69, 9.17) is 4.42 Å². The van der Waals surface area contributed by atoms with Crippen LogP contribution in [-0.4, -0.2) is 10.2 Å². The zero-order valence-electron chi connectivity index (χ0n) is 10.5. The molecule has 0 saturated heterocycles. The smallest absolute Gasteiger partial charge is 0.230 e. The van der Waals surface area contributed by atoms with Crippen molar-refractivity contribution in [3.05, 3.63) is 47.2 Å². The molecule has 1 aromatic heterocycles. The van der Waals surface area contributed by atoms with Crippen molar-refractivity contribution in [2.24, 2.45) is 0 Å². The normalized spacial score (nSPS) is 18.6. The zero-order valence-corrected chi connectivity index (χ0v) is 10.5. The number of nitrogens with one attached hydrogen (secondary N) is 1. The number of nitrogens with zero attached hydrogens (tertiary/aromatic N) is 2. The first kappa shape index (κ1) is 11.4. The van der Waals surface area contributed by atoms with E-state index in [0.29, 0.717) is 24.4 Å². The lowest BCUT2D eigenvalue weighted by Crippen LogP contribution is -2.24. The van der Waals surface area contributed by atoms with Gasteiger partial charge in [-0.1, -0.05) is 24.3 Å². The molecular formula is C14H17N3O. The number of aromatic nitrogens is 2. The molecule has 2 aromatic rings. The predicted octanol–water partition coefficient (Wildman–Crippen LogP) is 2.55. The van der Waals surface area contributed by atoms with E-state index in [9.17, 15) is 0 Å². The summed E-state index contributed by atoms with van der Waals surface area (Å²) in [5.74, 6) is 1.28. The van der Waals surface area contributed by atoms with Crippen molar-refractivity contribution in [1.82, 2.24) is 15.5 Å². The topological polar surface area (TPSA) is 51.0 Å². The Labute approximate surface area is 106 Å². The van der Waals surface area contributed by atoms with Gasteiger partial charge < -0.3 is 9.73 Å². The first-order valence-corrected chi connectivity index (χ1v) is 6.43. The Balaban J connectivity index is 1.71. The van der Waals surface area contributed by atoms with E-state index in [2.05, 4.69) is 39.8 Å². The van der Waals surface area contributed by atoms with E-state index in [1.165, 1.54) is 30.4 Å². The van der Waals surface area contributed by atoms with Gasteiger partial charge in [-0.15, -0.1) is 10.2 Å². The second-order valence-corrected chi connectivity index (χ2v) is 4.74. The minimum absolute atomic E-state index is 0.405. The van der Waals surface area contributed by atoms with Crippen molar-refractivity contribution in [2.75, 3.05) is 0 Å². The minimum atomic E-state index is 0.405. The van der Waals surface area contributed by atoms with E-state index in [-0.39, 0.29) is 0 Å². The number of rotatable bonds is 3. The molecule has 1 heterocycles. The highest BCUT2D eigenvalue weighted by atomic mass is 16.4. The van der Waals surface area contributed by atoms with Gasteiger partial charge in [0, 0.05) is 13.0 Å². The Morgan fingerprint density at radius 3 is 3.06 bits per heavy atom. The number of hydrogen-bond acceptors (Lipinski definition) is 4. The molecule has 1 aliphatic rings. The van der Waals surface area contributed by atoms with Gasteiger partial charge in [-0.2, -0.15) is 0 Å². The van der Waals surface area contributed by atoms with Gasteiger partial charge in [0.15, 0.2) is 0 Å². The van der Waals surface area contributed by atoms with Gasteiger partial charge in [0.2, 0.25) is 11.8 Å². The van der Waals surface area contributed by atoms with Gasteiger partial charge in [0.05, 0.1) is 6.54 Å². The van der Waals surface area contributed by atoms with Crippen molar-refractivity contribution in [1.29, 1.82) is 0 Å². The van der Waals surface area contributed by atoms with Crippen LogP contribution in [0.1, 0.15) is 41.8 Å². The third kappa shape index (κ3) is 2.29. The van der Waals surface area contributed by atoms with Gasteiger partial charge in [-0.25, -0.2) is 0 Å². The maximum atomic E-state index is 5.38. The average molecular weight is 243 g/mol. The van der Waals surface area contributed by atoms with Crippen molar-refractivity contribution >= 4 is 0 Å². The molecule has 0 spiro atoms. The van der Waals surface area contributed by atoms with Crippen LogP contribution in [0.15, 0.2) is 28.7 Å². The zero-order chi connectivity index (χ0) is 12.4. The van der Waals surface area contributed by atoms with Crippen molar-refractivity contribution < 1.29 is 4.42 Å². The molecule has 0 fully saturated rings. The molecule has 1 atom stereocenters. The van der Waals surface area contributed by atoms with Gasteiger partial charge in [-0.3, -0.25) is 0 Å². The monoisotopic (exact) mass is 243 g/mol. The molecule has 4 nitrogen and oxygen atoms in total. The summed E-state index contributed by atoms with van der Waals surface area (Å²) in [6.45, 7) is 2.45. The molecule has 0 aliphatic heterocycles. The second-order valence-electron chi connectivity index (χ2n) is 4.74. The molecule has 0 radical (unpaired) electrons. The van der Waals surface area contributed by atoms with Gasteiger partial charge in [0.1, 0.15) is 0 Å². The maximum Gasteiger partial charge on any atom is 0.230 e. The van der Waals surface area contributed by atoms with Crippen LogP contribution in [0.4, 0.5) is 0 Å². The summed E-state index contributed by atoms with van der Waals surface area (Å²) in [5.41, 5.74) is 2.88. The largest absolute Gasteiger partial charge is 0.424 e. The SMILES string of the molecule is Cc1nnc(CNC2CCCc3ccccc32)o1. The lowest BCUT2D eigenvalue weighted by molar-refractivity contribution is 0.400. The summed E-state index contributed by atoms with van der Waals surface area (Å²) in [6.07, 6.45) is 3.59. The summed E-state index contributed by atoms with van der Waals surface area (Å²) in [5, 5.41) is 11.4. The van der Waals surface area contributed by atoms with E-state index in [1.807, 2.05) is 6.92 Å². The van der Waals surface area contributed by atoms with Crippen LogP contribution in [0, 0.1) is 6.92 Å². The Morgan fingerprint density at radius 1 is 1.33 bits per heavy atom. The fourth-order valence-corrected chi connectivity index (χ4v) is 2.59. The average Bonchev–Trinajstić information content (AvgIpc) is 2.82. The Hall–Kier alpha value is -1.68. The molecular weight excluding hydrogens is 226 g/mol. The lowest BCUT2D eigenvalue weighted by atomic mass is 9.88. The maximum absolute atomic E-state index is 5.38. The quantitative estimate of drug-likeness (QED) is 0.900. The lowest BCUT2D eigenvalue weighted by Gasteiger charge is -2.25. The highest BCUT2D eigenvalue weighted by molar-refractivity contribution is 5.32. The van der Waals surface area contributed by atoms with E-state index < -0.39 is 0 Å². The van der Waals surface area contributed by atoms with Crippen molar-refractivity contribution in [2.45, 2.75) is 38.8 Å². The molecule has 1 aliphatic carbocycles. The summed E-state index contributed by atoms with van der Waals surface area (Å²) in [4.78, 5) is 0. The number of benzene rings is 1. The molecule has 0 bridgehead atoms. The Bertz CT molecular complexity index is 535. The molecule has 94 valence electrons. The van der Waals surface area contributed by atoms with Crippen LogP contribution in [0.2, 0.25) is 0 Å². The molecule has 0 amide bonds. The molecule has 3 rings (SSSR count). The summed E-state index contributed by atoms with van der Waals surface area (Å²) in [6, 6.07) is 9.06. The van der Waals surface area contributed by atoms with Gasteiger partial charge in [0.25, 0.3) is 0 Å². The van der Waals surface area contributed by atoms with Crippen LogP contribution < -0.4 is 5.32 Å². The number of hydrogen-bond donors (Lipinski definition) is 1. The van der Waals surface area contributed by atoms with E-state index in [1.54, 1.807) is 0 Å². The Kier molecular flexibility index (Phi) is 3.11. The first-order chi connectivity index (χ1) is 8.83. The second kappa shape index (κ2) is 4.90. The van der Waals surface area contributed by atoms with Gasteiger partial charge in [-0.05, 0) is 30.4 Å². The molecule has 18 heavy (non-hydrogen) atoms.